The highest BCUT2D eigenvalue weighted by Crippen LogP contribution is 2.44. The Morgan fingerprint density at radius 3 is 2.20 bits per heavy atom. The molecular weight excluding hydrogens is 444 g/mol. The van der Waals surface area contributed by atoms with Crippen molar-refractivity contribution in [3.05, 3.63) is 59.7 Å². The van der Waals surface area contributed by atoms with Crippen LogP contribution in [-0.2, 0) is 14.3 Å². The normalized spacial score (nSPS) is 16.7. The van der Waals surface area contributed by atoms with Crippen LogP contribution in [0.5, 0.6) is 0 Å². The minimum atomic E-state index is -0.865. The van der Waals surface area contributed by atoms with E-state index < -0.39 is 17.5 Å². The summed E-state index contributed by atoms with van der Waals surface area (Å²) in [5.74, 6) is -1.13. The summed E-state index contributed by atoms with van der Waals surface area (Å²) in [5.41, 5.74) is 3.75. The van der Waals surface area contributed by atoms with Gasteiger partial charge in [-0.15, -0.1) is 0 Å². The second kappa shape index (κ2) is 10.9. The number of rotatable bonds is 10. The SMILES string of the molecule is CCC[C@@H](CC(=O)NCC1(C(=O)O)CCCC1)NC(=O)OCC1c2ccccc2-c2ccccc21. The molecule has 186 valence electrons. The van der Waals surface area contributed by atoms with Gasteiger partial charge in [-0.1, -0.05) is 74.7 Å². The second-order valence-electron chi connectivity index (χ2n) is 9.73. The van der Waals surface area contributed by atoms with Crippen LogP contribution in [0, 0.1) is 5.41 Å². The zero-order valence-electron chi connectivity index (χ0n) is 20.2. The Hall–Kier alpha value is -3.35. The van der Waals surface area contributed by atoms with E-state index in [2.05, 4.69) is 34.9 Å². The minimum absolute atomic E-state index is 0.0281. The predicted octanol–water partition coefficient (Wildman–Crippen LogP) is 4.85. The fourth-order valence-electron chi connectivity index (χ4n) is 5.46. The van der Waals surface area contributed by atoms with E-state index in [1.165, 1.54) is 11.1 Å². The van der Waals surface area contributed by atoms with Crippen LogP contribution in [0.4, 0.5) is 4.79 Å². The molecule has 0 bridgehead atoms. The van der Waals surface area contributed by atoms with Gasteiger partial charge in [-0.2, -0.15) is 0 Å². The van der Waals surface area contributed by atoms with Crippen molar-refractivity contribution in [1.82, 2.24) is 10.6 Å². The summed E-state index contributed by atoms with van der Waals surface area (Å²) in [7, 11) is 0. The zero-order valence-corrected chi connectivity index (χ0v) is 20.2. The van der Waals surface area contributed by atoms with Gasteiger partial charge in [-0.05, 0) is 41.5 Å². The molecule has 7 heteroatoms. The summed E-state index contributed by atoms with van der Waals surface area (Å²) in [4.78, 5) is 36.9. The lowest BCUT2D eigenvalue weighted by Gasteiger charge is -2.25. The number of alkyl carbamates (subject to hydrolysis) is 1. The Bertz CT molecular complexity index is 1030. The van der Waals surface area contributed by atoms with Crippen molar-refractivity contribution in [2.45, 2.75) is 63.8 Å². The monoisotopic (exact) mass is 478 g/mol. The Morgan fingerprint density at radius 2 is 1.63 bits per heavy atom. The molecule has 2 amide bonds. The van der Waals surface area contributed by atoms with Gasteiger partial charge in [-0.25, -0.2) is 4.79 Å². The number of aliphatic carboxylic acids is 1. The Labute approximate surface area is 206 Å². The van der Waals surface area contributed by atoms with E-state index in [9.17, 15) is 19.5 Å². The van der Waals surface area contributed by atoms with Gasteiger partial charge in [-0.3, -0.25) is 9.59 Å². The molecule has 0 saturated heterocycles. The average molecular weight is 479 g/mol. The van der Waals surface area contributed by atoms with E-state index in [0.717, 1.165) is 30.4 Å². The van der Waals surface area contributed by atoms with Crippen molar-refractivity contribution in [3.63, 3.8) is 0 Å². The third-order valence-electron chi connectivity index (χ3n) is 7.37. The number of carbonyl (C=O) groups is 3. The van der Waals surface area contributed by atoms with Crippen LogP contribution in [0.1, 0.15) is 68.9 Å². The van der Waals surface area contributed by atoms with Crippen LogP contribution in [0.3, 0.4) is 0 Å². The first-order valence-electron chi connectivity index (χ1n) is 12.5. The largest absolute Gasteiger partial charge is 0.481 e. The molecule has 1 fully saturated rings. The zero-order chi connectivity index (χ0) is 24.8. The van der Waals surface area contributed by atoms with Gasteiger partial charge < -0.3 is 20.5 Å². The van der Waals surface area contributed by atoms with E-state index in [-0.39, 0.29) is 37.4 Å². The highest BCUT2D eigenvalue weighted by molar-refractivity contribution is 5.81. The summed E-state index contributed by atoms with van der Waals surface area (Å²) >= 11 is 0. The molecule has 0 heterocycles. The maximum atomic E-state index is 12.7. The number of carboxylic acids is 1. The fraction of sp³-hybridized carbons (Fsp3) is 0.464. The number of amides is 2. The van der Waals surface area contributed by atoms with Crippen molar-refractivity contribution < 1.29 is 24.2 Å². The van der Waals surface area contributed by atoms with Gasteiger partial charge in [0, 0.05) is 24.9 Å². The summed E-state index contributed by atoms with van der Waals surface area (Å²) < 4.78 is 5.63. The molecule has 2 aliphatic carbocycles. The molecule has 0 unspecified atom stereocenters. The van der Waals surface area contributed by atoms with Crippen molar-refractivity contribution >= 4 is 18.0 Å². The van der Waals surface area contributed by atoms with Crippen LogP contribution in [0.15, 0.2) is 48.5 Å². The molecule has 3 N–H and O–H groups in total. The Balaban J connectivity index is 1.31. The lowest BCUT2D eigenvalue weighted by Crippen LogP contribution is -2.44. The second-order valence-corrected chi connectivity index (χ2v) is 9.73. The molecule has 2 aliphatic rings. The number of ether oxygens (including phenoxy) is 1. The number of hydrogen-bond acceptors (Lipinski definition) is 4. The van der Waals surface area contributed by atoms with Crippen molar-refractivity contribution in [2.24, 2.45) is 5.41 Å². The molecular formula is C28H34N2O5. The number of nitrogens with one attached hydrogen (secondary N) is 2. The van der Waals surface area contributed by atoms with Gasteiger partial charge in [0.05, 0.1) is 5.41 Å². The Morgan fingerprint density at radius 1 is 1.03 bits per heavy atom. The molecule has 2 aromatic rings. The molecule has 0 spiro atoms. The Kier molecular flexibility index (Phi) is 7.73. The first-order valence-corrected chi connectivity index (χ1v) is 12.5. The van der Waals surface area contributed by atoms with Crippen molar-refractivity contribution in [1.29, 1.82) is 0 Å². The number of carbonyl (C=O) groups excluding carboxylic acids is 2. The number of benzene rings is 2. The van der Waals surface area contributed by atoms with Crippen LogP contribution in [0.2, 0.25) is 0 Å². The third-order valence-corrected chi connectivity index (χ3v) is 7.37. The molecule has 1 atom stereocenters. The van der Waals surface area contributed by atoms with E-state index in [0.29, 0.717) is 19.3 Å². The minimum Gasteiger partial charge on any atom is -0.481 e. The average Bonchev–Trinajstić information content (AvgIpc) is 3.46. The lowest BCUT2D eigenvalue weighted by atomic mass is 9.86. The highest BCUT2D eigenvalue weighted by atomic mass is 16.5. The molecule has 7 nitrogen and oxygen atoms in total. The summed E-state index contributed by atoms with van der Waals surface area (Å²) in [5, 5.41) is 15.2. The number of hydrogen-bond donors (Lipinski definition) is 3. The van der Waals surface area contributed by atoms with E-state index >= 15 is 0 Å². The smallest absolute Gasteiger partial charge is 0.407 e. The van der Waals surface area contributed by atoms with Crippen LogP contribution >= 0.6 is 0 Å². The molecule has 35 heavy (non-hydrogen) atoms. The third kappa shape index (κ3) is 5.50. The van der Waals surface area contributed by atoms with Gasteiger partial charge in [0.15, 0.2) is 0 Å². The molecule has 0 aromatic heterocycles. The van der Waals surface area contributed by atoms with Gasteiger partial charge in [0.2, 0.25) is 5.91 Å². The first kappa shape index (κ1) is 24.8. The van der Waals surface area contributed by atoms with E-state index in [1.807, 2.05) is 31.2 Å². The highest BCUT2D eigenvalue weighted by Gasteiger charge is 2.41. The topological polar surface area (TPSA) is 105 Å². The van der Waals surface area contributed by atoms with Crippen LogP contribution in [0.25, 0.3) is 11.1 Å². The molecule has 4 rings (SSSR count). The van der Waals surface area contributed by atoms with Crippen LogP contribution in [-0.4, -0.2) is 42.3 Å². The molecule has 0 aliphatic heterocycles. The molecule has 2 aromatic carbocycles. The van der Waals surface area contributed by atoms with Gasteiger partial charge >= 0.3 is 12.1 Å². The van der Waals surface area contributed by atoms with Gasteiger partial charge in [0.25, 0.3) is 0 Å². The van der Waals surface area contributed by atoms with E-state index in [4.69, 9.17) is 4.74 Å². The quantitative estimate of drug-likeness (QED) is 0.453. The first-order chi connectivity index (χ1) is 16.9. The maximum absolute atomic E-state index is 12.7. The maximum Gasteiger partial charge on any atom is 0.407 e. The fourth-order valence-corrected chi connectivity index (χ4v) is 5.46. The summed E-state index contributed by atoms with van der Waals surface area (Å²) in [6.45, 7) is 2.33. The lowest BCUT2D eigenvalue weighted by molar-refractivity contribution is -0.148. The van der Waals surface area contributed by atoms with Crippen molar-refractivity contribution in [2.75, 3.05) is 13.2 Å². The standard InChI is InChI=1S/C28H34N2O5/c1-2-9-19(16-25(31)29-18-28(26(32)33)14-7-8-15-28)30-27(34)35-17-24-22-12-5-3-10-20(22)21-11-4-6-13-23(21)24/h3-6,10-13,19,24H,2,7-9,14-18H2,1H3,(H,29,31)(H,30,34)(H,32,33)/t19-/m0/s1. The van der Waals surface area contributed by atoms with Crippen LogP contribution < -0.4 is 10.6 Å². The summed E-state index contributed by atoms with van der Waals surface area (Å²) in [6.07, 6.45) is 3.86. The molecule has 0 radical (unpaired) electrons. The van der Waals surface area contributed by atoms with E-state index in [1.54, 1.807) is 0 Å². The predicted molar refractivity (Wildman–Crippen MR) is 133 cm³/mol. The van der Waals surface area contributed by atoms with Gasteiger partial charge in [0.1, 0.15) is 6.61 Å². The van der Waals surface area contributed by atoms with Crippen molar-refractivity contribution in [3.8, 4) is 11.1 Å². The number of carboxylic acid groups (broad SMARTS) is 1. The molecule has 1 saturated carbocycles. The summed E-state index contributed by atoms with van der Waals surface area (Å²) in [6, 6.07) is 15.9. The number of fused-ring (bicyclic) bond motifs is 3.